The van der Waals surface area contributed by atoms with E-state index in [4.69, 9.17) is 4.74 Å². The van der Waals surface area contributed by atoms with E-state index in [0.29, 0.717) is 0 Å². The van der Waals surface area contributed by atoms with Crippen molar-refractivity contribution in [3.05, 3.63) is 35.1 Å². The fourth-order valence-electron chi connectivity index (χ4n) is 1.80. The maximum atomic E-state index is 12.9. The molecule has 96 valence electrons. The zero-order valence-corrected chi connectivity index (χ0v) is 10.8. The minimum atomic E-state index is -0.146. The van der Waals surface area contributed by atoms with Crippen LogP contribution in [-0.2, 0) is 11.2 Å². The number of hydrogen-bond acceptors (Lipinski definition) is 2. The van der Waals surface area contributed by atoms with Gasteiger partial charge in [-0.05, 0) is 56.0 Å². The summed E-state index contributed by atoms with van der Waals surface area (Å²) in [6.45, 7) is 4.65. The number of aryl methyl sites for hydroxylation is 2. The maximum absolute atomic E-state index is 12.9. The van der Waals surface area contributed by atoms with Crippen molar-refractivity contribution < 1.29 is 9.13 Å². The number of halogens is 1. The lowest BCUT2D eigenvalue weighted by Gasteiger charge is -2.06. The van der Waals surface area contributed by atoms with Gasteiger partial charge in [0.15, 0.2) is 0 Å². The summed E-state index contributed by atoms with van der Waals surface area (Å²) in [5, 5.41) is 3.31. The van der Waals surface area contributed by atoms with Crippen LogP contribution in [-0.4, -0.2) is 26.8 Å². The van der Waals surface area contributed by atoms with Gasteiger partial charge in [-0.25, -0.2) is 4.39 Å². The van der Waals surface area contributed by atoms with Crippen LogP contribution in [0.3, 0.4) is 0 Å². The molecule has 0 amide bonds. The van der Waals surface area contributed by atoms with E-state index in [-0.39, 0.29) is 5.82 Å². The van der Waals surface area contributed by atoms with Crippen molar-refractivity contribution in [3.63, 3.8) is 0 Å². The molecule has 3 heteroatoms. The largest absolute Gasteiger partial charge is 0.383 e. The van der Waals surface area contributed by atoms with E-state index in [9.17, 15) is 4.39 Å². The summed E-state index contributed by atoms with van der Waals surface area (Å²) in [5.74, 6) is -0.146. The Balaban J connectivity index is 2.14. The molecule has 0 unspecified atom stereocenters. The second-order valence-electron chi connectivity index (χ2n) is 4.27. The van der Waals surface area contributed by atoms with E-state index >= 15 is 0 Å². The van der Waals surface area contributed by atoms with Gasteiger partial charge in [-0.2, -0.15) is 0 Å². The van der Waals surface area contributed by atoms with E-state index in [1.54, 1.807) is 19.2 Å². The van der Waals surface area contributed by atoms with Crippen molar-refractivity contribution in [3.8, 4) is 0 Å². The lowest BCUT2D eigenvalue weighted by molar-refractivity contribution is 0.199. The number of unbranched alkanes of at least 4 members (excludes halogenated alkanes) is 1. The fraction of sp³-hybridized carbons (Fsp3) is 0.571. The SMILES string of the molecule is COCCNCCCCc1ccc(F)cc1C. The number of hydrogen-bond donors (Lipinski definition) is 1. The Kier molecular flexibility index (Phi) is 6.82. The van der Waals surface area contributed by atoms with Crippen molar-refractivity contribution in [2.24, 2.45) is 0 Å². The first kappa shape index (κ1) is 14.1. The number of rotatable bonds is 8. The molecule has 0 aliphatic rings. The van der Waals surface area contributed by atoms with Gasteiger partial charge >= 0.3 is 0 Å². The Morgan fingerprint density at radius 2 is 2.06 bits per heavy atom. The molecule has 0 aliphatic heterocycles. The summed E-state index contributed by atoms with van der Waals surface area (Å²) in [5.41, 5.74) is 2.31. The third-order valence-electron chi connectivity index (χ3n) is 2.84. The van der Waals surface area contributed by atoms with Gasteiger partial charge in [-0.3, -0.25) is 0 Å². The highest BCUT2D eigenvalue weighted by Crippen LogP contribution is 2.12. The molecule has 0 fully saturated rings. The third-order valence-corrected chi connectivity index (χ3v) is 2.84. The standard InChI is InChI=1S/C14H22FNO/c1-12-11-14(15)7-6-13(12)5-3-4-8-16-9-10-17-2/h6-7,11,16H,3-5,8-10H2,1-2H3. The van der Waals surface area contributed by atoms with Gasteiger partial charge in [0, 0.05) is 13.7 Å². The predicted molar refractivity (Wildman–Crippen MR) is 68.8 cm³/mol. The summed E-state index contributed by atoms with van der Waals surface area (Å²) in [7, 11) is 1.71. The van der Waals surface area contributed by atoms with E-state index in [0.717, 1.165) is 44.5 Å². The summed E-state index contributed by atoms with van der Waals surface area (Å²) in [6.07, 6.45) is 3.30. The molecule has 0 bridgehead atoms. The first-order chi connectivity index (χ1) is 8.24. The summed E-state index contributed by atoms with van der Waals surface area (Å²) in [4.78, 5) is 0. The number of nitrogens with one attached hydrogen (secondary N) is 1. The monoisotopic (exact) mass is 239 g/mol. The van der Waals surface area contributed by atoms with Crippen LogP contribution in [0.25, 0.3) is 0 Å². The quantitative estimate of drug-likeness (QED) is 0.704. The average Bonchev–Trinajstić information content (AvgIpc) is 2.30. The van der Waals surface area contributed by atoms with Gasteiger partial charge in [-0.15, -0.1) is 0 Å². The first-order valence-electron chi connectivity index (χ1n) is 6.18. The molecule has 1 N–H and O–H groups in total. The first-order valence-corrected chi connectivity index (χ1v) is 6.18. The molecule has 0 heterocycles. The van der Waals surface area contributed by atoms with Gasteiger partial charge in [0.25, 0.3) is 0 Å². The van der Waals surface area contributed by atoms with E-state index < -0.39 is 0 Å². The summed E-state index contributed by atoms with van der Waals surface area (Å²) in [6, 6.07) is 5.04. The second kappa shape index (κ2) is 8.20. The zero-order valence-electron chi connectivity index (χ0n) is 10.8. The zero-order chi connectivity index (χ0) is 12.5. The molecule has 0 atom stereocenters. The molecule has 1 rings (SSSR count). The normalized spacial score (nSPS) is 10.8. The number of methoxy groups -OCH3 is 1. The van der Waals surface area contributed by atoms with E-state index in [1.165, 1.54) is 5.56 Å². The van der Waals surface area contributed by atoms with Crippen LogP contribution >= 0.6 is 0 Å². The smallest absolute Gasteiger partial charge is 0.123 e. The van der Waals surface area contributed by atoms with Crippen LogP contribution in [0.5, 0.6) is 0 Å². The maximum Gasteiger partial charge on any atom is 0.123 e. The minimum Gasteiger partial charge on any atom is -0.383 e. The lowest BCUT2D eigenvalue weighted by atomic mass is 10.0. The highest BCUT2D eigenvalue weighted by molar-refractivity contribution is 5.26. The highest BCUT2D eigenvalue weighted by atomic mass is 19.1. The molecular formula is C14H22FNO. The van der Waals surface area contributed by atoms with Crippen LogP contribution in [0.4, 0.5) is 4.39 Å². The third kappa shape index (κ3) is 5.80. The molecule has 0 saturated heterocycles. The Morgan fingerprint density at radius 3 is 2.76 bits per heavy atom. The van der Waals surface area contributed by atoms with Gasteiger partial charge in [0.1, 0.15) is 5.82 Å². The van der Waals surface area contributed by atoms with E-state index in [1.807, 2.05) is 13.0 Å². The minimum absolute atomic E-state index is 0.146. The van der Waals surface area contributed by atoms with Crippen LogP contribution in [0, 0.1) is 12.7 Å². The summed E-state index contributed by atoms with van der Waals surface area (Å²) < 4.78 is 17.8. The molecule has 0 aromatic heterocycles. The summed E-state index contributed by atoms with van der Waals surface area (Å²) >= 11 is 0. The van der Waals surface area contributed by atoms with Crippen molar-refractivity contribution in [1.82, 2.24) is 5.32 Å². The molecule has 1 aromatic carbocycles. The molecular weight excluding hydrogens is 217 g/mol. The van der Waals surface area contributed by atoms with Crippen LogP contribution in [0.15, 0.2) is 18.2 Å². The fourth-order valence-corrected chi connectivity index (χ4v) is 1.80. The molecule has 17 heavy (non-hydrogen) atoms. The van der Waals surface area contributed by atoms with Crippen molar-refractivity contribution in [2.75, 3.05) is 26.8 Å². The van der Waals surface area contributed by atoms with Crippen molar-refractivity contribution in [1.29, 1.82) is 0 Å². The van der Waals surface area contributed by atoms with Gasteiger partial charge in [-0.1, -0.05) is 6.07 Å². The molecule has 0 aliphatic carbocycles. The second-order valence-corrected chi connectivity index (χ2v) is 4.27. The van der Waals surface area contributed by atoms with Gasteiger partial charge < -0.3 is 10.1 Å². The Bertz CT molecular complexity index is 328. The average molecular weight is 239 g/mol. The van der Waals surface area contributed by atoms with Crippen molar-refractivity contribution in [2.45, 2.75) is 26.2 Å². The highest BCUT2D eigenvalue weighted by Gasteiger charge is 1.99. The lowest BCUT2D eigenvalue weighted by Crippen LogP contribution is -2.20. The van der Waals surface area contributed by atoms with Crippen molar-refractivity contribution >= 4 is 0 Å². The molecule has 0 spiro atoms. The topological polar surface area (TPSA) is 21.3 Å². The predicted octanol–water partition coefficient (Wildman–Crippen LogP) is 2.69. The molecule has 0 radical (unpaired) electrons. The van der Waals surface area contributed by atoms with Crippen LogP contribution < -0.4 is 5.32 Å². The Labute approximate surface area is 103 Å². The van der Waals surface area contributed by atoms with E-state index in [2.05, 4.69) is 5.32 Å². The number of ether oxygens (including phenoxy) is 1. The molecule has 0 saturated carbocycles. The number of benzene rings is 1. The van der Waals surface area contributed by atoms with Gasteiger partial charge in [0.2, 0.25) is 0 Å². The van der Waals surface area contributed by atoms with Gasteiger partial charge in [0.05, 0.1) is 6.61 Å². The van der Waals surface area contributed by atoms with Crippen LogP contribution in [0.1, 0.15) is 24.0 Å². The molecule has 2 nitrogen and oxygen atoms in total. The Hall–Kier alpha value is -0.930. The Morgan fingerprint density at radius 1 is 1.24 bits per heavy atom. The molecule has 1 aromatic rings. The van der Waals surface area contributed by atoms with Crippen LogP contribution in [0.2, 0.25) is 0 Å².